The number of tetrazole rings is 1. The van der Waals surface area contributed by atoms with E-state index in [1.807, 2.05) is 0 Å². The van der Waals surface area contributed by atoms with Gasteiger partial charge in [-0.25, -0.2) is 5.43 Å². The Labute approximate surface area is 113 Å². The maximum Gasteiger partial charge on any atom is 0.263 e. The maximum absolute atomic E-state index is 11.5. The first-order chi connectivity index (χ1) is 9.13. The molecule has 1 aromatic heterocycles. The third-order valence-corrected chi connectivity index (χ3v) is 2.28. The van der Waals surface area contributed by atoms with Crippen molar-refractivity contribution in [1.82, 2.24) is 25.6 Å². The highest BCUT2D eigenvalue weighted by molar-refractivity contribution is 6.30. The molecule has 0 saturated heterocycles. The van der Waals surface area contributed by atoms with Gasteiger partial charge in [-0.05, 0) is 22.9 Å². The van der Waals surface area contributed by atoms with Gasteiger partial charge < -0.3 is 5.73 Å². The van der Waals surface area contributed by atoms with Gasteiger partial charge in [0.05, 0.1) is 6.21 Å². The van der Waals surface area contributed by atoms with Crippen LogP contribution in [0.25, 0.3) is 0 Å². The van der Waals surface area contributed by atoms with Gasteiger partial charge in [-0.3, -0.25) is 4.79 Å². The molecule has 0 radical (unpaired) electrons. The number of nitrogens with zero attached hydrogens (tertiary/aromatic N) is 5. The molecule has 2 aromatic rings. The van der Waals surface area contributed by atoms with E-state index in [4.69, 9.17) is 17.3 Å². The molecule has 19 heavy (non-hydrogen) atoms. The van der Waals surface area contributed by atoms with Crippen molar-refractivity contribution >= 4 is 29.7 Å². The number of nitrogens with two attached hydrogens (primary N) is 1. The second kappa shape index (κ2) is 5.91. The van der Waals surface area contributed by atoms with Gasteiger partial charge in [-0.15, -0.1) is 5.10 Å². The summed E-state index contributed by atoms with van der Waals surface area (Å²) in [6, 6.07) is 7.01. The Balaban J connectivity index is 1.84. The Morgan fingerprint density at radius 2 is 2.21 bits per heavy atom. The fourth-order valence-electron chi connectivity index (χ4n) is 1.21. The number of anilines is 1. The van der Waals surface area contributed by atoms with Crippen LogP contribution in [0, 0.1) is 0 Å². The highest BCUT2D eigenvalue weighted by Gasteiger charge is 2.04. The van der Waals surface area contributed by atoms with Gasteiger partial charge in [0.15, 0.2) is 0 Å². The normalized spacial score (nSPS) is 10.8. The number of hydrogen-bond donors (Lipinski definition) is 2. The number of nitrogens with one attached hydrogen (secondary N) is 1. The van der Waals surface area contributed by atoms with Crippen LogP contribution >= 0.6 is 11.6 Å². The van der Waals surface area contributed by atoms with Crippen LogP contribution in [0.2, 0.25) is 5.02 Å². The average Bonchev–Trinajstić information content (AvgIpc) is 2.77. The number of amides is 1. The fraction of sp³-hybridized carbons (Fsp3) is 0.100. The predicted octanol–water partition coefficient (Wildman–Crippen LogP) is 0.0590. The van der Waals surface area contributed by atoms with Crippen LogP contribution in [0.5, 0.6) is 0 Å². The van der Waals surface area contributed by atoms with Crippen LogP contribution in [0.3, 0.4) is 0 Å². The van der Waals surface area contributed by atoms with Crippen molar-refractivity contribution in [2.45, 2.75) is 6.54 Å². The quantitative estimate of drug-likeness (QED) is 0.607. The fourth-order valence-corrected chi connectivity index (χ4v) is 1.34. The topological polar surface area (TPSA) is 111 Å². The molecule has 0 atom stereocenters. The van der Waals surface area contributed by atoms with Crippen molar-refractivity contribution in [3.05, 3.63) is 34.9 Å². The minimum atomic E-state index is -0.386. The van der Waals surface area contributed by atoms with Crippen LogP contribution in [0.1, 0.15) is 5.56 Å². The molecule has 2 rings (SSSR count). The molecule has 0 saturated carbocycles. The van der Waals surface area contributed by atoms with Crippen LogP contribution < -0.4 is 11.2 Å². The summed E-state index contributed by atoms with van der Waals surface area (Å²) in [5.41, 5.74) is 8.41. The number of aromatic nitrogens is 4. The van der Waals surface area contributed by atoms with E-state index in [1.54, 1.807) is 24.3 Å². The lowest BCUT2D eigenvalue weighted by atomic mass is 10.2. The molecule has 0 spiro atoms. The molecule has 0 aliphatic rings. The lowest BCUT2D eigenvalue weighted by Gasteiger charge is -1.98. The Hall–Kier alpha value is -2.48. The first kappa shape index (κ1) is 13.0. The number of carbonyl (C=O) groups is 1. The minimum absolute atomic E-state index is 0.0115. The van der Waals surface area contributed by atoms with Crippen molar-refractivity contribution in [2.75, 3.05) is 5.73 Å². The lowest BCUT2D eigenvalue weighted by Crippen LogP contribution is -2.24. The zero-order chi connectivity index (χ0) is 13.7. The highest BCUT2D eigenvalue weighted by Crippen LogP contribution is 2.07. The minimum Gasteiger partial charge on any atom is -0.365 e. The SMILES string of the molecule is Nc1nnn(CC(=O)N/N=C/c2ccc(Cl)cc2)n1. The third kappa shape index (κ3) is 4.03. The second-order valence-electron chi connectivity index (χ2n) is 3.52. The van der Waals surface area contributed by atoms with Crippen LogP contribution in [0.15, 0.2) is 29.4 Å². The summed E-state index contributed by atoms with van der Waals surface area (Å²) < 4.78 is 0. The van der Waals surface area contributed by atoms with E-state index in [1.165, 1.54) is 6.21 Å². The molecule has 3 N–H and O–H groups in total. The third-order valence-electron chi connectivity index (χ3n) is 2.03. The summed E-state index contributed by atoms with van der Waals surface area (Å²) in [6.45, 7) is -0.109. The second-order valence-corrected chi connectivity index (χ2v) is 3.96. The number of benzene rings is 1. The van der Waals surface area contributed by atoms with Crippen LogP contribution in [-0.2, 0) is 11.3 Å². The zero-order valence-corrected chi connectivity index (χ0v) is 10.4. The van der Waals surface area contributed by atoms with Gasteiger partial charge in [0.25, 0.3) is 11.9 Å². The summed E-state index contributed by atoms with van der Waals surface area (Å²) in [6.07, 6.45) is 1.50. The molecule has 8 nitrogen and oxygen atoms in total. The number of halogens is 1. The van der Waals surface area contributed by atoms with E-state index in [0.717, 1.165) is 10.4 Å². The lowest BCUT2D eigenvalue weighted by molar-refractivity contribution is -0.122. The van der Waals surface area contributed by atoms with Crippen molar-refractivity contribution in [1.29, 1.82) is 0 Å². The Morgan fingerprint density at radius 1 is 1.47 bits per heavy atom. The van der Waals surface area contributed by atoms with E-state index in [2.05, 4.69) is 25.9 Å². The molecule has 0 unspecified atom stereocenters. The van der Waals surface area contributed by atoms with E-state index < -0.39 is 0 Å². The van der Waals surface area contributed by atoms with Gasteiger partial charge in [0.2, 0.25) is 0 Å². The number of carbonyl (C=O) groups excluding carboxylic acids is 1. The van der Waals surface area contributed by atoms with Crippen molar-refractivity contribution in [3.63, 3.8) is 0 Å². The average molecular weight is 280 g/mol. The smallest absolute Gasteiger partial charge is 0.263 e. The van der Waals surface area contributed by atoms with E-state index in [0.29, 0.717) is 5.02 Å². The summed E-state index contributed by atoms with van der Waals surface area (Å²) >= 11 is 5.74. The van der Waals surface area contributed by atoms with Gasteiger partial charge in [0.1, 0.15) is 6.54 Å². The Kier molecular flexibility index (Phi) is 4.04. The predicted molar refractivity (Wildman–Crippen MR) is 69.4 cm³/mol. The summed E-state index contributed by atoms with van der Waals surface area (Å²) in [5, 5.41) is 15.1. The van der Waals surface area contributed by atoms with Gasteiger partial charge >= 0.3 is 0 Å². The highest BCUT2D eigenvalue weighted by atomic mass is 35.5. The van der Waals surface area contributed by atoms with Crippen LogP contribution in [-0.4, -0.2) is 32.3 Å². The standard InChI is InChI=1S/C10H10ClN7O/c11-8-3-1-7(2-4-8)5-13-14-9(19)6-18-16-10(12)15-17-18/h1-5H,6H2,(H2,12,16)(H,14,19)/b13-5+. The zero-order valence-electron chi connectivity index (χ0n) is 9.69. The molecule has 1 amide bonds. The molecular weight excluding hydrogens is 270 g/mol. The van der Waals surface area contributed by atoms with Gasteiger partial charge in [-0.1, -0.05) is 28.8 Å². The van der Waals surface area contributed by atoms with Gasteiger partial charge in [0, 0.05) is 5.02 Å². The van der Waals surface area contributed by atoms with E-state index in [9.17, 15) is 4.79 Å². The molecule has 1 aromatic carbocycles. The molecule has 1 heterocycles. The first-order valence-corrected chi connectivity index (χ1v) is 5.62. The number of hydrogen-bond acceptors (Lipinski definition) is 6. The number of hydrazone groups is 1. The van der Waals surface area contributed by atoms with Crippen LogP contribution in [0.4, 0.5) is 5.95 Å². The molecule has 0 bridgehead atoms. The van der Waals surface area contributed by atoms with Crippen molar-refractivity contribution in [3.8, 4) is 0 Å². The molecule has 98 valence electrons. The van der Waals surface area contributed by atoms with Crippen molar-refractivity contribution < 1.29 is 4.79 Å². The largest absolute Gasteiger partial charge is 0.365 e. The first-order valence-electron chi connectivity index (χ1n) is 5.24. The van der Waals surface area contributed by atoms with E-state index >= 15 is 0 Å². The number of nitrogen functional groups attached to an aromatic ring is 1. The molecule has 0 aliphatic heterocycles. The monoisotopic (exact) mass is 279 g/mol. The summed E-state index contributed by atoms with van der Waals surface area (Å²) in [5.74, 6) is -0.375. The molecule has 0 fully saturated rings. The Bertz CT molecular complexity index is 592. The molecule has 9 heteroatoms. The summed E-state index contributed by atoms with van der Waals surface area (Å²) in [4.78, 5) is 12.5. The summed E-state index contributed by atoms with van der Waals surface area (Å²) in [7, 11) is 0. The Morgan fingerprint density at radius 3 is 2.84 bits per heavy atom. The van der Waals surface area contributed by atoms with E-state index in [-0.39, 0.29) is 18.4 Å². The molecular formula is C10H10ClN7O. The molecule has 0 aliphatic carbocycles. The maximum atomic E-state index is 11.5. The van der Waals surface area contributed by atoms with Gasteiger partial charge in [-0.2, -0.15) is 9.90 Å². The number of rotatable bonds is 4. The van der Waals surface area contributed by atoms with Crippen molar-refractivity contribution in [2.24, 2.45) is 5.10 Å².